The fourth-order valence-electron chi connectivity index (χ4n) is 2.79. The van der Waals surface area contributed by atoms with E-state index < -0.39 is 9.84 Å². The maximum Gasteiger partial charge on any atom is 0.181 e. The highest BCUT2D eigenvalue weighted by molar-refractivity contribution is 7.91. The number of aryl methyl sites for hydroxylation is 1. The molecule has 0 saturated heterocycles. The highest BCUT2D eigenvalue weighted by Crippen LogP contribution is 2.37. The predicted molar refractivity (Wildman–Crippen MR) is 80.5 cm³/mol. The van der Waals surface area contributed by atoms with Gasteiger partial charge in [0.2, 0.25) is 0 Å². The highest BCUT2D eigenvalue weighted by Gasteiger charge is 2.31. The van der Waals surface area contributed by atoms with Crippen LogP contribution in [-0.2, 0) is 16.3 Å². The van der Waals surface area contributed by atoms with E-state index in [0.29, 0.717) is 5.69 Å². The molecule has 1 atom stereocenters. The zero-order valence-electron chi connectivity index (χ0n) is 11.3. The maximum atomic E-state index is 12.5. The second-order valence-electron chi connectivity index (χ2n) is 5.37. The van der Waals surface area contributed by atoms with Crippen LogP contribution in [0.5, 0.6) is 0 Å². The molecule has 4 heteroatoms. The fourth-order valence-corrected chi connectivity index (χ4v) is 4.58. The Morgan fingerprint density at radius 2 is 1.90 bits per heavy atom. The molecule has 3 nitrogen and oxygen atoms in total. The summed E-state index contributed by atoms with van der Waals surface area (Å²) in [6.45, 7) is 1.83. The number of hydrogen-bond acceptors (Lipinski definition) is 3. The van der Waals surface area contributed by atoms with Gasteiger partial charge in [-0.15, -0.1) is 0 Å². The average molecular weight is 287 g/mol. The van der Waals surface area contributed by atoms with Crippen LogP contribution in [0.3, 0.4) is 0 Å². The number of rotatable bonds is 3. The van der Waals surface area contributed by atoms with E-state index in [-0.39, 0.29) is 16.6 Å². The lowest BCUT2D eigenvalue weighted by Crippen LogP contribution is -2.25. The summed E-state index contributed by atoms with van der Waals surface area (Å²) >= 11 is 0. The molecule has 2 aromatic carbocycles. The summed E-state index contributed by atoms with van der Waals surface area (Å²) in [5, 5.41) is 0. The molecule has 2 aromatic rings. The van der Waals surface area contributed by atoms with Gasteiger partial charge in [0.1, 0.15) is 0 Å². The van der Waals surface area contributed by atoms with Gasteiger partial charge >= 0.3 is 0 Å². The summed E-state index contributed by atoms with van der Waals surface area (Å²) in [4.78, 5) is 0.266. The van der Waals surface area contributed by atoms with E-state index in [4.69, 9.17) is 5.73 Å². The van der Waals surface area contributed by atoms with Crippen molar-refractivity contribution in [2.75, 3.05) is 11.5 Å². The molecule has 0 aromatic heterocycles. The van der Waals surface area contributed by atoms with Gasteiger partial charge in [0.05, 0.1) is 16.3 Å². The molecule has 104 valence electrons. The first-order valence-electron chi connectivity index (χ1n) is 6.64. The van der Waals surface area contributed by atoms with Gasteiger partial charge in [0.25, 0.3) is 0 Å². The Morgan fingerprint density at radius 1 is 1.15 bits per heavy atom. The number of benzene rings is 2. The monoisotopic (exact) mass is 287 g/mol. The fraction of sp³-hybridized carbons (Fsp3) is 0.250. The number of para-hydroxylation sites is 1. The van der Waals surface area contributed by atoms with E-state index in [1.807, 2.05) is 31.2 Å². The molecule has 1 aliphatic carbocycles. The van der Waals surface area contributed by atoms with Gasteiger partial charge in [0.15, 0.2) is 9.84 Å². The summed E-state index contributed by atoms with van der Waals surface area (Å²) in [6, 6.07) is 13.2. The number of anilines is 1. The SMILES string of the molecule is Cc1cccc(S(=O)(=O)CC2Cc3ccccc32)c1N. The van der Waals surface area contributed by atoms with Crippen molar-refractivity contribution in [1.82, 2.24) is 0 Å². The van der Waals surface area contributed by atoms with Crippen molar-refractivity contribution < 1.29 is 8.42 Å². The minimum Gasteiger partial charge on any atom is -0.397 e. The predicted octanol–water partition coefficient (Wildman–Crippen LogP) is 2.69. The van der Waals surface area contributed by atoms with Crippen molar-refractivity contribution in [2.24, 2.45) is 0 Å². The average Bonchev–Trinajstić information content (AvgIpc) is 2.39. The highest BCUT2D eigenvalue weighted by atomic mass is 32.2. The Bertz CT molecular complexity index is 766. The van der Waals surface area contributed by atoms with E-state index in [1.165, 1.54) is 5.56 Å². The van der Waals surface area contributed by atoms with E-state index in [9.17, 15) is 8.42 Å². The third kappa shape index (κ3) is 2.10. The molecule has 0 heterocycles. The number of fused-ring (bicyclic) bond motifs is 1. The van der Waals surface area contributed by atoms with Gasteiger partial charge in [-0.2, -0.15) is 0 Å². The van der Waals surface area contributed by atoms with Gasteiger partial charge in [-0.3, -0.25) is 0 Å². The van der Waals surface area contributed by atoms with Crippen LogP contribution >= 0.6 is 0 Å². The minimum absolute atomic E-state index is 0.0936. The topological polar surface area (TPSA) is 60.2 Å². The first-order valence-corrected chi connectivity index (χ1v) is 8.30. The summed E-state index contributed by atoms with van der Waals surface area (Å²) in [5.41, 5.74) is 9.51. The van der Waals surface area contributed by atoms with Crippen molar-refractivity contribution in [3.8, 4) is 0 Å². The lowest BCUT2D eigenvalue weighted by Gasteiger charge is -2.29. The molecule has 0 amide bonds. The van der Waals surface area contributed by atoms with Gasteiger partial charge in [-0.05, 0) is 36.1 Å². The van der Waals surface area contributed by atoms with Crippen LogP contribution in [0.2, 0.25) is 0 Å². The molecule has 0 spiro atoms. The Kier molecular flexibility index (Phi) is 3.05. The Balaban J connectivity index is 1.90. The standard InChI is InChI=1S/C16H17NO2S/c1-11-5-4-8-15(16(11)17)20(18,19)10-13-9-12-6-2-3-7-14(12)13/h2-8,13H,9-10,17H2,1H3. The van der Waals surface area contributed by atoms with Crippen LogP contribution in [0.1, 0.15) is 22.6 Å². The summed E-state index contributed by atoms with van der Waals surface area (Å²) < 4.78 is 25.1. The number of nitrogens with two attached hydrogens (primary N) is 1. The molecule has 0 saturated carbocycles. The molecule has 0 bridgehead atoms. The van der Waals surface area contributed by atoms with Crippen LogP contribution in [-0.4, -0.2) is 14.2 Å². The Morgan fingerprint density at radius 3 is 2.65 bits per heavy atom. The van der Waals surface area contributed by atoms with Crippen LogP contribution in [0.25, 0.3) is 0 Å². The first-order chi connectivity index (χ1) is 9.49. The summed E-state index contributed by atoms with van der Waals surface area (Å²) in [5.74, 6) is 0.230. The second kappa shape index (κ2) is 4.63. The van der Waals surface area contributed by atoms with E-state index in [0.717, 1.165) is 17.5 Å². The molecule has 1 unspecified atom stereocenters. The van der Waals surface area contributed by atoms with Crippen LogP contribution in [0.4, 0.5) is 5.69 Å². The smallest absolute Gasteiger partial charge is 0.181 e. The number of hydrogen-bond donors (Lipinski definition) is 1. The quantitative estimate of drug-likeness (QED) is 0.883. The largest absolute Gasteiger partial charge is 0.397 e. The molecular formula is C16H17NO2S. The minimum atomic E-state index is -3.34. The molecule has 0 aliphatic heterocycles. The van der Waals surface area contributed by atoms with Crippen molar-refractivity contribution in [2.45, 2.75) is 24.2 Å². The lowest BCUT2D eigenvalue weighted by molar-refractivity contribution is 0.577. The number of nitrogen functional groups attached to an aromatic ring is 1. The number of sulfone groups is 1. The van der Waals surface area contributed by atoms with Crippen molar-refractivity contribution in [3.05, 3.63) is 59.2 Å². The van der Waals surface area contributed by atoms with Crippen molar-refractivity contribution in [1.29, 1.82) is 0 Å². The van der Waals surface area contributed by atoms with Gasteiger partial charge in [-0.1, -0.05) is 36.4 Å². The van der Waals surface area contributed by atoms with E-state index in [2.05, 4.69) is 6.07 Å². The zero-order chi connectivity index (χ0) is 14.3. The maximum absolute atomic E-state index is 12.5. The van der Waals surface area contributed by atoms with Gasteiger partial charge in [-0.25, -0.2) is 8.42 Å². The van der Waals surface area contributed by atoms with Gasteiger partial charge < -0.3 is 5.73 Å². The molecule has 3 rings (SSSR count). The Labute approximate surface area is 119 Å². The molecule has 2 N–H and O–H groups in total. The Hall–Kier alpha value is -1.81. The van der Waals surface area contributed by atoms with E-state index >= 15 is 0 Å². The summed E-state index contributed by atoms with van der Waals surface area (Å²) in [6.07, 6.45) is 0.834. The van der Waals surface area contributed by atoms with Gasteiger partial charge in [0, 0.05) is 5.92 Å². The third-order valence-corrected chi connectivity index (χ3v) is 5.87. The third-order valence-electron chi connectivity index (χ3n) is 4.00. The van der Waals surface area contributed by atoms with Crippen molar-refractivity contribution in [3.63, 3.8) is 0 Å². The van der Waals surface area contributed by atoms with Crippen LogP contribution in [0, 0.1) is 6.92 Å². The van der Waals surface area contributed by atoms with E-state index in [1.54, 1.807) is 12.1 Å². The second-order valence-corrected chi connectivity index (χ2v) is 7.37. The normalized spacial score (nSPS) is 17.4. The molecule has 20 heavy (non-hydrogen) atoms. The lowest BCUT2D eigenvalue weighted by atomic mass is 9.79. The summed E-state index contributed by atoms with van der Waals surface area (Å²) in [7, 11) is -3.34. The van der Waals surface area contributed by atoms with Crippen molar-refractivity contribution >= 4 is 15.5 Å². The molecule has 1 aliphatic rings. The molecular weight excluding hydrogens is 270 g/mol. The van der Waals surface area contributed by atoms with Crippen LogP contribution in [0.15, 0.2) is 47.4 Å². The first kappa shape index (κ1) is 13.2. The molecule has 0 fully saturated rings. The molecule has 0 radical (unpaired) electrons. The zero-order valence-corrected chi connectivity index (χ0v) is 12.2. The van der Waals surface area contributed by atoms with Crippen LogP contribution < -0.4 is 5.73 Å².